The average Bonchev–Trinajstić information content (AvgIpc) is 2.67. The van der Waals surface area contributed by atoms with Crippen LogP contribution in [-0.4, -0.2) is 36.8 Å². The van der Waals surface area contributed by atoms with Crippen LogP contribution in [0, 0.1) is 13.8 Å². The van der Waals surface area contributed by atoms with Crippen molar-refractivity contribution >= 4 is 23.4 Å². The first-order valence-corrected chi connectivity index (χ1v) is 8.96. The molecule has 0 saturated heterocycles. The predicted octanol–water partition coefficient (Wildman–Crippen LogP) is 4.24. The largest absolute Gasteiger partial charge is 0.497 e. The highest BCUT2D eigenvalue weighted by atomic mass is 16.5. The lowest BCUT2D eigenvalue weighted by molar-refractivity contribution is 0.0982. The molecule has 1 N–H and O–H groups in total. The van der Waals surface area contributed by atoms with E-state index in [1.807, 2.05) is 32.9 Å². The van der Waals surface area contributed by atoms with Crippen molar-refractivity contribution in [2.75, 3.05) is 23.5 Å². The standard InChI is InChI=1S/C21H24N2O4/c1-5-16-12-22(20(24)15-7-6-8-17(11-15)27-4)18-9-13(2)14(3)10-19(18)23(16)21(25)26/h6-11,16H,5,12H2,1-4H3,(H,25,26). The Morgan fingerprint density at radius 2 is 1.81 bits per heavy atom. The van der Waals surface area contributed by atoms with Crippen molar-refractivity contribution in [3.8, 4) is 5.75 Å². The van der Waals surface area contributed by atoms with Crippen molar-refractivity contribution in [2.24, 2.45) is 0 Å². The molecule has 0 saturated carbocycles. The molecular weight excluding hydrogens is 344 g/mol. The van der Waals surface area contributed by atoms with E-state index in [-0.39, 0.29) is 11.9 Å². The Kier molecular flexibility index (Phi) is 5.08. The summed E-state index contributed by atoms with van der Waals surface area (Å²) in [7, 11) is 1.56. The highest BCUT2D eigenvalue weighted by Gasteiger charge is 2.37. The molecule has 0 radical (unpaired) electrons. The van der Waals surface area contributed by atoms with Crippen LogP contribution in [0.3, 0.4) is 0 Å². The molecule has 0 aliphatic carbocycles. The fourth-order valence-corrected chi connectivity index (χ4v) is 3.46. The number of fused-ring (bicyclic) bond motifs is 1. The first-order valence-electron chi connectivity index (χ1n) is 8.96. The van der Waals surface area contributed by atoms with E-state index < -0.39 is 6.09 Å². The molecule has 1 unspecified atom stereocenters. The van der Waals surface area contributed by atoms with Gasteiger partial charge in [0.25, 0.3) is 5.91 Å². The summed E-state index contributed by atoms with van der Waals surface area (Å²) in [6.07, 6.45) is -0.388. The Morgan fingerprint density at radius 1 is 1.15 bits per heavy atom. The van der Waals surface area contributed by atoms with Crippen LogP contribution in [0.1, 0.15) is 34.8 Å². The van der Waals surface area contributed by atoms with Crippen molar-refractivity contribution in [3.05, 3.63) is 53.1 Å². The van der Waals surface area contributed by atoms with Gasteiger partial charge in [0.15, 0.2) is 0 Å². The number of aryl methyl sites for hydroxylation is 2. The summed E-state index contributed by atoms with van der Waals surface area (Å²) in [6.45, 7) is 6.15. The minimum atomic E-state index is -1.00. The molecule has 1 atom stereocenters. The maximum Gasteiger partial charge on any atom is 0.412 e. The molecule has 2 amide bonds. The van der Waals surface area contributed by atoms with Gasteiger partial charge in [-0.3, -0.25) is 9.69 Å². The number of ether oxygens (including phenoxy) is 1. The Labute approximate surface area is 159 Å². The molecule has 2 aromatic rings. The summed E-state index contributed by atoms with van der Waals surface area (Å²) in [6, 6.07) is 10.5. The van der Waals surface area contributed by atoms with Crippen LogP contribution in [-0.2, 0) is 0 Å². The van der Waals surface area contributed by atoms with Gasteiger partial charge in [-0.2, -0.15) is 0 Å². The van der Waals surface area contributed by atoms with Gasteiger partial charge in [-0.05, 0) is 61.7 Å². The van der Waals surface area contributed by atoms with Crippen molar-refractivity contribution in [3.63, 3.8) is 0 Å². The van der Waals surface area contributed by atoms with Crippen LogP contribution >= 0.6 is 0 Å². The van der Waals surface area contributed by atoms with Crippen molar-refractivity contribution in [1.82, 2.24) is 0 Å². The molecule has 27 heavy (non-hydrogen) atoms. The quantitative estimate of drug-likeness (QED) is 0.880. The van der Waals surface area contributed by atoms with Crippen LogP contribution in [0.4, 0.5) is 16.2 Å². The fourth-order valence-electron chi connectivity index (χ4n) is 3.46. The normalized spacial score (nSPS) is 16.1. The zero-order valence-corrected chi connectivity index (χ0v) is 16.0. The monoisotopic (exact) mass is 368 g/mol. The molecule has 1 heterocycles. The topological polar surface area (TPSA) is 70.1 Å². The second-order valence-electron chi connectivity index (χ2n) is 6.79. The summed E-state index contributed by atoms with van der Waals surface area (Å²) in [5.41, 5.74) is 3.69. The maximum absolute atomic E-state index is 13.3. The number of carboxylic acid groups (broad SMARTS) is 1. The van der Waals surface area contributed by atoms with E-state index in [1.165, 1.54) is 4.90 Å². The summed E-state index contributed by atoms with van der Waals surface area (Å²) in [5, 5.41) is 9.76. The minimum absolute atomic E-state index is 0.165. The lowest BCUT2D eigenvalue weighted by Crippen LogP contribution is -2.52. The molecule has 6 heteroatoms. The van der Waals surface area contributed by atoms with E-state index in [1.54, 1.807) is 36.3 Å². The van der Waals surface area contributed by atoms with E-state index in [2.05, 4.69) is 0 Å². The van der Waals surface area contributed by atoms with E-state index >= 15 is 0 Å². The van der Waals surface area contributed by atoms with Gasteiger partial charge in [0.1, 0.15) is 5.75 Å². The third kappa shape index (κ3) is 3.35. The summed E-state index contributed by atoms with van der Waals surface area (Å²) in [4.78, 5) is 28.3. The van der Waals surface area contributed by atoms with Crippen molar-refractivity contribution < 1.29 is 19.4 Å². The first kappa shape index (κ1) is 18.8. The molecule has 0 fully saturated rings. The number of hydrogen-bond acceptors (Lipinski definition) is 3. The lowest BCUT2D eigenvalue weighted by atomic mass is 9.99. The van der Waals surface area contributed by atoms with Gasteiger partial charge in [-0.25, -0.2) is 4.79 Å². The Hall–Kier alpha value is -3.02. The number of nitrogens with zero attached hydrogens (tertiary/aromatic N) is 2. The minimum Gasteiger partial charge on any atom is -0.497 e. The molecule has 1 aliphatic rings. The predicted molar refractivity (Wildman–Crippen MR) is 105 cm³/mol. The molecular formula is C21H24N2O4. The van der Waals surface area contributed by atoms with E-state index in [0.717, 1.165) is 11.1 Å². The van der Waals surface area contributed by atoms with Crippen LogP contribution in [0.25, 0.3) is 0 Å². The van der Waals surface area contributed by atoms with Crippen molar-refractivity contribution in [2.45, 2.75) is 33.2 Å². The lowest BCUT2D eigenvalue weighted by Gasteiger charge is -2.41. The van der Waals surface area contributed by atoms with Gasteiger partial charge in [0.2, 0.25) is 0 Å². The SMILES string of the molecule is CCC1CN(C(=O)c2cccc(OC)c2)c2cc(C)c(C)cc2N1C(=O)O. The van der Waals surface area contributed by atoms with Gasteiger partial charge in [0.05, 0.1) is 24.5 Å². The molecule has 0 aromatic heterocycles. The van der Waals surface area contributed by atoms with Crippen LogP contribution in [0.2, 0.25) is 0 Å². The Balaban J connectivity index is 2.13. The molecule has 6 nitrogen and oxygen atoms in total. The average molecular weight is 368 g/mol. The summed E-state index contributed by atoms with van der Waals surface area (Å²) in [5.74, 6) is 0.444. The third-order valence-corrected chi connectivity index (χ3v) is 5.14. The van der Waals surface area contributed by atoms with E-state index in [9.17, 15) is 14.7 Å². The van der Waals surface area contributed by atoms with Crippen LogP contribution < -0.4 is 14.5 Å². The van der Waals surface area contributed by atoms with Gasteiger partial charge < -0.3 is 14.7 Å². The van der Waals surface area contributed by atoms with Crippen LogP contribution in [0.15, 0.2) is 36.4 Å². The van der Waals surface area contributed by atoms with Gasteiger partial charge in [-0.1, -0.05) is 13.0 Å². The third-order valence-electron chi connectivity index (χ3n) is 5.14. The second kappa shape index (κ2) is 7.31. The van der Waals surface area contributed by atoms with E-state index in [0.29, 0.717) is 35.7 Å². The number of rotatable bonds is 3. The number of hydrogen-bond donors (Lipinski definition) is 1. The Morgan fingerprint density at radius 3 is 2.41 bits per heavy atom. The highest BCUT2D eigenvalue weighted by molar-refractivity contribution is 6.10. The smallest absolute Gasteiger partial charge is 0.412 e. The molecule has 0 bridgehead atoms. The number of amides is 2. The number of carbonyl (C=O) groups is 2. The number of carbonyl (C=O) groups excluding carboxylic acids is 1. The fraction of sp³-hybridized carbons (Fsp3) is 0.333. The molecule has 3 rings (SSSR count). The van der Waals surface area contributed by atoms with Gasteiger partial charge in [0, 0.05) is 12.1 Å². The van der Waals surface area contributed by atoms with Crippen molar-refractivity contribution in [1.29, 1.82) is 0 Å². The highest BCUT2D eigenvalue weighted by Crippen LogP contribution is 2.39. The van der Waals surface area contributed by atoms with Crippen LogP contribution in [0.5, 0.6) is 5.75 Å². The first-order chi connectivity index (χ1) is 12.9. The van der Waals surface area contributed by atoms with Gasteiger partial charge >= 0.3 is 6.09 Å². The summed E-state index contributed by atoms with van der Waals surface area (Å²) >= 11 is 0. The molecule has 142 valence electrons. The number of anilines is 2. The zero-order chi connectivity index (χ0) is 19.7. The molecule has 2 aromatic carbocycles. The maximum atomic E-state index is 13.3. The molecule has 1 aliphatic heterocycles. The zero-order valence-electron chi connectivity index (χ0n) is 16.0. The summed E-state index contributed by atoms with van der Waals surface area (Å²) < 4.78 is 5.23. The van der Waals surface area contributed by atoms with Gasteiger partial charge in [-0.15, -0.1) is 0 Å². The number of methoxy groups -OCH3 is 1. The number of benzene rings is 2. The molecule has 0 spiro atoms. The van der Waals surface area contributed by atoms with E-state index in [4.69, 9.17) is 4.74 Å². The Bertz CT molecular complexity index is 894. The second-order valence-corrected chi connectivity index (χ2v) is 6.79.